The van der Waals surface area contributed by atoms with Crippen LogP contribution in [0.3, 0.4) is 0 Å². The number of rotatable bonds is 16. The van der Waals surface area contributed by atoms with Crippen LogP contribution in [0.1, 0.15) is 134 Å². The summed E-state index contributed by atoms with van der Waals surface area (Å²) in [5, 5.41) is 18.2. The molecule has 0 aromatic heterocycles. The molecule has 3 saturated carbocycles. The first-order valence-electron chi connectivity index (χ1n) is 25.7. The maximum atomic E-state index is 11.9. The van der Waals surface area contributed by atoms with Crippen LogP contribution in [0.15, 0.2) is 69.9 Å². The van der Waals surface area contributed by atoms with Crippen LogP contribution in [0, 0.1) is 17.8 Å². The molecule has 6 heterocycles. The Morgan fingerprint density at radius 2 is 0.824 bits per heavy atom. The number of aliphatic carboxylic acids is 2. The number of epoxide rings is 6. The van der Waals surface area contributed by atoms with Crippen molar-refractivity contribution in [3.8, 4) is 0 Å². The molecular weight excluding hydrogens is 948 g/mol. The molecule has 0 amide bonds. The number of hydrogen-bond acceptors (Lipinski definition) is 14. The van der Waals surface area contributed by atoms with E-state index in [9.17, 15) is 14.4 Å². The Labute approximate surface area is 452 Å². The second kappa shape index (κ2) is 24.8. The second-order valence-electron chi connectivity index (χ2n) is 22.5. The van der Waals surface area contributed by atoms with E-state index in [-0.39, 0.29) is 126 Å². The third kappa shape index (κ3) is 13.6. The molecule has 3 N–H and O–H groups in total. The van der Waals surface area contributed by atoms with Crippen molar-refractivity contribution in [1.82, 2.24) is 0 Å². The molecule has 0 unspecified atom stereocenters. The van der Waals surface area contributed by atoms with Crippen LogP contribution in [0.4, 0.5) is 0 Å². The van der Waals surface area contributed by atoms with Crippen molar-refractivity contribution < 1.29 is 96.3 Å². The summed E-state index contributed by atoms with van der Waals surface area (Å²) in [6.07, 6.45) is 18.0. The number of carbonyl (C=O) groups excluding carboxylic acids is 1. The molecule has 74 heavy (non-hydrogen) atoms. The predicted octanol–water partition coefficient (Wildman–Crippen LogP) is 6.06. The molecule has 17 heteroatoms. The van der Waals surface area contributed by atoms with Gasteiger partial charge >= 0.3 is 36.8 Å². The van der Waals surface area contributed by atoms with Gasteiger partial charge in [-0.25, -0.2) is 14.4 Å². The fraction of sp³-hybridized carbons (Fsp3) is 0.737. The van der Waals surface area contributed by atoms with Crippen LogP contribution in [0.25, 0.3) is 0 Å². The van der Waals surface area contributed by atoms with Gasteiger partial charge in [0, 0.05) is 39.6 Å². The average molecular weight is 1040 g/mol. The van der Waals surface area contributed by atoms with Gasteiger partial charge in [-0.2, -0.15) is 0 Å². The smallest absolute Gasteiger partial charge is 0.870 e. The third-order valence-electron chi connectivity index (χ3n) is 16.7. The normalized spacial score (nSPS) is 40.8. The van der Waals surface area contributed by atoms with Gasteiger partial charge in [0.25, 0.3) is 0 Å². The number of ether oxygens (including phenoxy) is 10. The van der Waals surface area contributed by atoms with Crippen LogP contribution in [-0.4, -0.2) is 152 Å². The third-order valence-corrected chi connectivity index (χ3v) is 16.7. The Balaban J connectivity index is 0.000000236. The van der Waals surface area contributed by atoms with Crippen molar-refractivity contribution in [1.29, 1.82) is 0 Å². The second-order valence-corrected chi connectivity index (χ2v) is 22.5. The number of carbonyl (C=O) groups is 3. The van der Waals surface area contributed by atoms with Gasteiger partial charge in [-0.15, -0.1) is 0 Å². The molecule has 3 spiro atoms. The van der Waals surface area contributed by atoms with Crippen molar-refractivity contribution in [3.63, 3.8) is 0 Å². The van der Waals surface area contributed by atoms with Crippen LogP contribution in [0.5, 0.6) is 0 Å². The molecule has 0 bridgehead atoms. The zero-order chi connectivity index (χ0) is 51.9. The van der Waals surface area contributed by atoms with E-state index in [4.69, 9.17) is 57.6 Å². The maximum Gasteiger partial charge on any atom is 1.00 e. The Hall–Kier alpha value is -2.95. The summed E-state index contributed by atoms with van der Waals surface area (Å²) >= 11 is 0. The first-order chi connectivity index (χ1) is 33.5. The number of carboxylic acids is 2. The molecule has 9 aliphatic rings. The van der Waals surface area contributed by atoms with Gasteiger partial charge in [0.1, 0.15) is 33.6 Å². The van der Waals surface area contributed by atoms with Crippen molar-refractivity contribution >= 4 is 17.9 Å². The van der Waals surface area contributed by atoms with Crippen molar-refractivity contribution in [2.75, 3.05) is 47.8 Å². The Morgan fingerprint density at radius 3 is 1.04 bits per heavy atom. The van der Waals surface area contributed by atoms with Crippen LogP contribution in [-0.2, 0) is 61.8 Å². The number of esters is 1. The van der Waals surface area contributed by atoms with Crippen molar-refractivity contribution in [2.45, 2.75) is 205 Å². The summed E-state index contributed by atoms with van der Waals surface area (Å²) in [5.74, 6) is -1.97. The quantitative estimate of drug-likeness (QED) is 0.0588. The van der Waals surface area contributed by atoms with Gasteiger partial charge < -0.3 is 63.1 Å². The molecule has 6 aliphatic heterocycles. The zero-order valence-electron chi connectivity index (χ0n) is 46.0. The summed E-state index contributed by atoms with van der Waals surface area (Å²) in [6.45, 7) is 23.3. The Morgan fingerprint density at radius 1 is 0.554 bits per heavy atom. The van der Waals surface area contributed by atoms with E-state index in [1.54, 1.807) is 27.4 Å². The number of carboxylic acid groups (broad SMARTS) is 2. The molecule has 0 aromatic rings. The van der Waals surface area contributed by atoms with Gasteiger partial charge in [-0.05, 0) is 144 Å². The van der Waals surface area contributed by atoms with Crippen LogP contribution < -0.4 is 18.9 Å². The topological polar surface area (TPSA) is 234 Å². The van der Waals surface area contributed by atoms with E-state index < -0.39 is 11.9 Å². The first-order valence-corrected chi connectivity index (χ1v) is 25.7. The Kier molecular flexibility index (Phi) is 21.3. The molecule has 412 valence electrons. The van der Waals surface area contributed by atoms with E-state index >= 15 is 0 Å². The number of methoxy groups -OCH3 is 3. The minimum absolute atomic E-state index is 0. The van der Waals surface area contributed by atoms with Crippen LogP contribution >= 0.6 is 0 Å². The molecule has 3 aliphatic carbocycles. The zero-order valence-corrected chi connectivity index (χ0v) is 46.0. The van der Waals surface area contributed by atoms with E-state index in [1.165, 1.54) is 28.9 Å². The summed E-state index contributed by atoms with van der Waals surface area (Å²) in [4.78, 5) is 34.2. The largest absolute Gasteiger partial charge is 1.00 e. The molecule has 0 radical (unpaired) electrons. The summed E-state index contributed by atoms with van der Waals surface area (Å²) in [7, 11) is 4.99. The maximum absolute atomic E-state index is 11.9. The predicted molar refractivity (Wildman–Crippen MR) is 273 cm³/mol. The molecule has 15 atom stereocenters. The van der Waals surface area contributed by atoms with Gasteiger partial charge in [-0.1, -0.05) is 42.4 Å². The minimum atomic E-state index is -0.920. The molecule has 0 aromatic carbocycles. The van der Waals surface area contributed by atoms with Crippen molar-refractivity contribution in [3.05, 3.63) is 69.9 Å². The van der Waals surface area contributed by atoms with Gasteiger partial charge in [0.2, 0.25) is 0 Å². The van der Waals surface area contributed by atoms with Gasteiger partial charge in [0.15, 0.2) is 0 Å². The van der Waals surface area contributed by atoms with Gasteiger partial charge in [-0.3, -0.25) is 0 Å². The number of allylic oxidation sites excluding steroid dienone is 3. The van der Waals surface area contributed by atoms with Gasteiger partial charge in [0.05, 0.1) is 80.8 Å². The fourth-order valence-corrected chi connectivity index (χ4v) is 12.6. The van der Waals surface area contributed by atoms with Crippen molar-refractivity contribution in [2.24, 2.45) is 17.8 Å². The minimum Gasteiger partial charge on any atom is -0.870 e. The number of hydrogen-bond donors (Lipinski definition) is 2. The van der Waals surface area contributed by atoms with Crippen LogP contribution in [0.2, 0.25) is 0 Å². The monoisotopic (exact) mass is 1030 g/mol. The average Bonchev–Trinajstić information content (AvgIpc) is 4.03. The molecule has 6 saturated heterocycles. The van der Waals surface area contributed by atoms with E-state index in [2.05, 4.69) is 80.5 Å². The Bertz CT molecular complexity index is 2090. The summed E-state index contributed by atoms with van der Waals surface area (Å²) in [5.41, 5.74) is 5.02. The van der Waals surface area contributed by atoms with E-state index in [1.807, 2.05) is 6.92 Å². The van der Waals surface area contributed by atoms with E-state index in [0.29, 0.717) is 32.7 Å². The fourth-order valence-electron chi connectivity index (χ4n) is 12.6. The standard InChI is InChI=1S/C20H30O5.2C18H26O5.CH4.Li.H2O/c1-6-23-16(21)11-14-9-10-20(12-24-20)18(17(14)22-5)19(4)15(25-19)8-7-13(2)3;2*1-11(2)5-6-13-17(3,23-13)16-15(21-4)12(9-14(19)20)7-8-18(16)10-22-18;;;/h7,11,15,17-18H,6,8-10,12H2,1-5H3;2*5,9,13,15-16H,6-8,10H2,1-4H3,(H,19,20);1H4;;1H2/q;;;;+1;/p-1/t15-,17-,18-,19+,20+;2*13-,15-,16-,17+,18+;;;/m111.../s1. The molecule has 9 fully saturated rings. The van der Waals surface area contributed by atoms with E-state index in [0.717, 1.165) is 68.3 Å². The first kappa shape index (κ1) is 63.6. The molecule has 9 rings (SSSR count). The SMILES string of the molecule is C.CCOC(=O)C=C1CC[C@]2(CO2)[C@@H]([C@@]2(C)O[C@@H]2CC=C(C)C)[C@@H]1OC.CO[C@@H]1C(=CC(=O)O)CC[C@]2(CO2)[C@H]1[C@@]1(C)O[C@@H]1CC=C(C)C.CO[C@@H]1C(=CC(=O)O)CC[C@]2(CO2)[C@H]1[C@@]1(C)O[C@@H]1CC=C(C)C.[Li+].[OH-]. The molecular formula is C57H87LiO16. The summed E-state index contributed by atoms with van der Waals surface area (Å²) < 4.78 is 58.3. The summed E-state index contributed by atoms with van der Waals surface area (Å²) in [6, 6.07) is 0. The molecule has 16 nitrogen and oxygen atoms in total.